The second kappa shape index (κ2) is 4.05. The maximum Gasteiger partial charge on any atom is 0.159 e. The van der Waals surface area contributed by atoms with Crippen molar-refractivity contribution in [3.05, 3.63) is 30.1 Å². The molecule has 0 radical (unpaired) electrons. The number of aromatic nitrogens is 1. The number of methoxy groups -OCH3 is 1. The molecule has 1 unspecified atom stereocenters. The first-order valence-electron chi connectivity index (χ1n) is 3.43. The SMILES string of the molecule is COC(O)Cc1ccccn1. The predicted molar refractivity (Wildman–Crippen MR) is 41.0 cm³/mol. The fraction of sp³-hybridized carbons (Fsp3) is 0.375. The van der Waals surface area contributed by atoms with Gasteiger partial charge in [-0.2, -0.15) is 0 Å². The van der Waals surface area contributed by atoms with Crippen molar-refractivity contribution in [1.82, 2.24) is 4.98 Å². The summed E-state index contributed by atoms with van der Waals surface area (Å²) in [4.78, 5) is 4.03. The number of hydrogen-bond donors (Lipinski definition) is 1. The number of ether oxygens (including phenoxy) is 1. The monoisotopic (exact) mass is 153 g/mol. The van der Waals surface area contributed by atoms with E-state index < -0.39 is 6.29 Å². The summed E-state index contributed by atoms with van der Waals surface area (Å²) in [6.45, 7) is 0. The molecule has 60 valence electrons. The number of rotatable bonds is 3. The zero-order valence-corrected chi connectivity index (χ0v) is 6.40. The molecule has 1 N–H and O–H groups in total. The average Bonchev–Trinajstić information content (AvgIpc) is 2.06. The predicted octanol–water partition coefficient (Wildman–Crippen LogP) is 0.589. The van der Waals surface area contributed by atoms with E-state index in [4.69, 9.17) is 5.11 Å². The lowest BCUT2D eigenvalue weighted by atomic mass is 10.3. The van der Waals surface area contributed by atoms with Crippen LogP contribution < -0.4 is 0 Å². The average molecular weight is 153 g/mol. The van der Waals surface area contributed by atoms with Crippen LogP contribution in [0.1, 0.15) is 5.69 Å². The van der Waals surface area contributed by atoms with Crippen LogP contribution in [-0.2, 0) is 11.2 Å². The molecular weight excluding hydrogens is 142 g/mol. The molecule has 1 heterocycles. The summed E-state index contributed by atoms with van der Waals surface area (Å²) in [5.41, 5.74) is 0.835. The van der Waals surface area contributed by atoms with Gasteiger partial charge in [0.2, 0.25) is 0 Å². The van der Waals surface area contributed by atoms with E-state index in [1.165, 1.54) is 7.11 Å². The van der Waals surface area contributed by atoms with Crippen LogP contribution >= 0.6 is 0 Å². The molecule has 0 aliphatic heterocycles. The highest BCUT2D eigenvalue weighted by Crippen LogP contribution is 1.98. The van der Waals surface area contributed by atoms with Crippen molar-refractivity contribution >= 4 is 0 Å². The first kappa shape index (κ1) is 8.17. The van der Waals surface area contributed by atoms with E-state index in [0.717, 1.165) is 5.69 Å². The Hall–Kier alpha value is -0.930. The summed E-state index contributed by atoms with van der Waals surface area (Å²) < 4.78 is 4.67. The second-order valence-corrected chi connectivity index (χ2v) is 2.22. The largest absolute Gasteiger partial charge is 0.368 e. The van der Waals surface area contributed by atoms with Gasteiger partial charge < -0.3 is 9.84 Å². The molecule has 3 heteroatoms. The van der Waals surface area contributed by atoms with Crippen molar-refractivity contribution in [2.75, 3.05) is 7.11 Å². The molecule has 0 fully saturated rings. The molecule has 0 saturated carbocycles. The van der Waals surface area contributed by atoms with Gasteiger partial charge in [-0.3, -0.25) is 4.98 Å². The van der Waals surface area contributed by atoms with Gasteiger partial charge in [0.1, 0.15) is 0 Å². The molecule has 0 aromatic carbocycles. The quantitative estimate of drug-likeness (QED) is 0.646. The molecule has 1 aromatic heterocycles. The summed E-state index contributed by atoms with van der Waals surface area (Å²) in [6.07, 6.45) is 1.39. The third kappa shape index (κ3) is 2.65. The molecule has 0 amide bonds. The number of nitrogens with zero attached hydrogens (tertiary/aromatic N) is 1. The Morgan fingerprint density at radius 1 is 1.64 bits per heavy atom. The molecule has 0 spiro atoms. The van der Waals surface area contributed by atoms with Crippen molar-refractivity contribution < 1.29 is 9.84 Å². The highest BCUT2D eigenvalue weighted by atomic mass is 16.6. The van der Waals surface area contributed by atoms with Crippen molar-refractivity contribution in [1.29, 1.82) is 0 Å². The highest BCUT2D eigenvalue weighted by Gasteiger charge is 2.02. The zero-order valence-electron chi connectivity index (χ0n) is 6.40. The molecule has 11 heavy (non-hydrogen) atoms. The summed E-state index contributed by atoms with van der Waals surface area (Å²) >= 11 is 0. The number of pyridine rings is 1. The minimum absolute atomic E-state index is 0.442. The van der Waals surface area contributed by atoms with Gasteiger partial charge in [0.05, 0.1) is 0 Å². The topological polar surface area (TPSA) is 42.4 Å². The maximum atomic E-state index is 9.05. The van der Waals surface area contributed by atoms with Gasteiger partial charge in [-0.1, -0.05) is 6.07 Å². The van der Waals surface area contributed by atoms with E-state index in [9.17, 15) is 0 Å². The van der Waals surface area contributed by atoms with E-state index in [1.807, 2.05) is 18.2 Å². The highest BCUT2D eigenvalue weighted by molar-refractivity contribution is 5.03. The molecule has 0 bridgehead atoms. The van der Waals surface area contributed by atoms with E-state index in [1.54, 1.807) is 6.20 Å². The second-order valence-electron chi connectivity index (χ2n) is 2.22. The summed E-state index contributed by atoms with van der Waals surface area (Å²) in [5.74, 6) is 0. The molecule has 1 atom stereocenters. The number of aliphatic hydroxyl groups excluding tert-OH is 1. The van der Waals surface area contributed by atoms with Crippen molar-refractivity contribution in [2.45, 2.75) is 12.7 Å². The molecule has 1 aromatic rings. The summed E-state index contributed by atoms with van der Waals surface area (Å²) in [5, 5.41) is 9.05. The van der Waals surface area contributed by atoms with Gasteiger partial charge in [0.25, 0.3) is 0 Å². The van der Waals surface area contributed by atoms with E-state index in [2.05, 4.69) is 9.72 Å². The van der Waals surface area contributed by atoms with Gasteiger partial charge >= 0.3 is 0 Å². The van der Waals surface area contributed by atoms with Gasteiger partial charge in [-0.05, 0) is 12.1 Å². The lowest BCUT2D eigenvalue weighted by Gasteiger charge is -2.06. The Morgan fingerprint density at radius 3 is 3.00 bits per heavy atom. The van der Waals surface area contributed by atoms with Crippen LogP contribution in [0.25, 0.3) is 0 Å². The fourth-order valence-electron chi connectivity index (χ4n) is 0.781. The first-order valence-corrected chi connectivity index (χ1v) is 3.43. The van der Waals surface area contributed by atoms with Crippen LogP contribution in [0.15, 0.2) is 24.4 Å². The number of aliphatic hydroxyl groups is 1. The zero-order chi connectivity index (χ0) is 8.10. The van der Waals surface area contributed by atoms with Crippen LogP contribution in [0.5, 0.6) is 0 Å². The third-order valence-electron chi connectivity index (χ3n) is 1.38. The van der Waals surface area contributed by atoms with Crippen LogP contribution in [0.2, 0.25) is 0 Å². The molecule has 0 aliphatic carbocycles. The lowest BCUT2D eigenvalue weighted by Crippen LogP contribution is -2.12. The van der Waals surface area contributed by atoms with Crippen molar-refractivity contribution in [3.63, 3.8) is 0 Å². The van der Waals surface area contributed by atoms with E-state index in [-0.39, 0.29) is 0 Å². The van der Waals surface area contributed by atoms with Crippen LogP contribution in [-0.4, -0.2) is 23.5 Å². The number of hydrogen-bond acceptors (Lipinski definition) is 3. The minimum atomic E-state index is -0.745. The molecule has 1 rings (SSSR count). The summed E-state index contributed by atoms with van der Waals surface area (Å²) in [7, 11) is 1.47. The van der Waals surface area contributed by atoms with E-state index in [0.29, 0.717) is 6.42 Å². The molecule has 0 aliphatic rings. The maximum absolute atomic E-state index is 9.05. The van der Waals surface area contributed by atoms with Gasteiger partial charge in [0.15, 0.2) is 6.29 Å². The standard InChI is InChI=1S/C8H11NO2/c1-11-8(10)6-7-4-2-3-5-9-7/h2-5,8,10H,6H2,1H3. The lowest BCUT2D eigenvalue weighted by molar-refractivity contribution is -0.0726. The minimum Gasteiger partial charge on any atom is -0.368 e. The first-order chi connectivity index (χ1) is 5.33. The van der Waals surface area contributed by atoms with E-state index >= 15 is 0 Å². The van der Waals surface area contributed by atoms with Gasteiger partial charge in [0, 0.05) is 25.4 Å². The molecule has 0 saturated heterocycles. The Bertz CT molecular complexity index is 201. The Morgan fingerprint density at radius 2 is 2.45 bits per heavy atom. The molecular formula is C8H11NO2. The normalized spacial score (nSPS) is 12.9. The van der Waals surface area contributed by atoms with Crippen LogP contribution in [0.3, 0.4) is 0 Å². The van der Waals surface area contributed by atoms with Crippen molar-refractivity contribution in [3.8, 4) is 0 Å². The van der Waals surface area contributed by atoms with Gasteiger partial charge in [-0.25, -0.2) is 0 Å². The third-order valence-corrected chi connectivity index (χ3v) is 1.38. The fourth-order valence-corrected chi connectivity index (χ4v) is 0.781. The van der Waals surface area contributed by atoms with Crippen LogP contribution in [0, 0.1) is 0 Å². The van der Waals surface area contributed by atoms with Gasteiger partial charge in [-0.15, -0.1) is 0 Å². The summed E-state index contributed by atoms with van der Waals surface area (Å²) in [6, 6.07) is 5.57. The Balaban J connectivity index is 2.51. The van der Waals surface area contributed by atoms with Crippen molar-refractivity contribution in [2.24, 2.45) is 0 Å². The Kier molecular flexibility index (Phi) is 3.01. The molecule has 3 nitrogen and oxygen atoms in total. The van der Waals surface area contributed by atoms with Crippen LogP contribution in [0.4, 0.5) is 0 Å². The smallest absolute Gasteiger partial charge is 0.159 e. The Labute approximate surface area is 65.7 Å².